The molecule has 0 aromatic carbocycles. The van der Waals surface area contributed by atoms with Crippen LogP contribution in [0.25, 0.3) is 0 Å². The van der Waals surface area contributed by atoms with Crippen molar-refractivity contribution < 1.29 is 0 Å². The van der Waals surface area contributed by atoms with Crippen LogP contribution in [0.5, 0.6) is 0 Å². The molecular formula is C10H19N. The topological polar surface area (TPSA) is 3.24 Å². The van der Waals surface area contributed by atoms with Crippen LogP contribution in [0.4, 0.5) is 0 Å². The van der Waals surface area contributed by atoms with Gasteiger partial charge in [0.1, 0.15) is 0 Å². The minimum absolute atomic E-state index is 0.602. The van der Waals surface area contributed by atoms with E-state index in [-0.39, 0.29) is 0 Å². The van der Waals surface area contributed by atoms with E-state index < -0.39 is 0 Å². The fourth-order valence-corrected chi connectivity index (χ4v) is 2.90. The summed E-state index contributed by atoms with van der Waals surface area (Å²) in [6.07, 6.45) is 2.88. The fourth-order valence-electron chi connectivity index (χ4n) is 2.90. The molecule has 11 heavy (non-hydrogen) atoms. The van der Waals surface area contributed by atoms with Crippen LogP contribution in [0.3, 0.4) is 0 Å². The maximum absolute atomic E-state index is 2.69. The molecule has 0 aromatic rings. The molecule has 0 N–H and O–H groups in total. The third-order valence-corrected chi connectivity index (χ3v) is 3.16. The van der Waals surface area contributed by atoms with Crippen LogP contribution < -0.4 is 0 Å². The van der Waals surface area contributed by atoms with Gasteiger partial charge in [-0.25, -0.2) is 0 Å². The zero-order valence-electron chi connectivity index (χ0n) is 7.93. The second kappa shape index (κ2) is 2.22. The smallest absolute Gasteiger partial charge is 0.0104 e. The minimum Gasteiger partial charge on any atom is -0.300 e. The van der Waals surface area contributed by atoms with E-state index in [1.807, 2.05) is 0 Å². The Morgan fingerprint density at radius 2 is 2.09 bits per heavy atom. The van der Waals surface area contributed by atoms with Gasteiger partial charge in [0.2, 0.25) is 0 Å². The van der Waals surface area contributed by atoms with Gasteiger partial charge in [0.05, 0.1) is 0 Å². The normalized spacial score (nSPS) is 42.8. The molecule has 0 bridgehead atoms. The molecule has 0 radical (unpaired) electrons. The summed E-state index contributed by atoms with van der Waals surface area (Å²) in [5.41, 5.74) is 0.602. The molecule has 2 fully saturated rings. The average molecular weight is 153 g/mol. The van der Waals surface area contributed by atoms with Gasteiger partial charge < -0.3 is 0 Å². The van der Waals surface area contributed by atoms with Crippen LogP contribution in [-0.4, -0.2) is 24.0 Å². The van der Waals surface area contributed by atoms with Crippen LogP contribution in [0.1, 0.15) is 33.6 Å². The monoisotopic (exact) mass is 153 g/mol. The molecule has 1 heteroatoms. The largest absolute Gasteiger partial charge is 0.300 e. The van der Waals surface area contributed by atoms with Crippen LogP contribution in [0, 0.1) is 11.3 Å². The maximum Gasteiger partial charge on any atom is 0.0104 e. The lowest BCUT2D eigenvalue weighted by Crippen LogP contribution is -2.24. The Labute approximate surface area is 69.8 Å². The first-order valence-electron chi connectivity index (χ1n) is 4.81. The predicted molar refractivity (Wildman–Crippen MR) is 47.5 cm³/mol. The van der Waals surface area contributed by atoms with Gasteiger partial charge in [0, 0.05) is 19.1 Å². The molecule has 1 nitrogen and oxygen atoms in total. The highest BCUT2D eigenvalue weighted by Gasteiger charge is 2.41. The summed E-state index contributed by atoms with van der Waals surface area (Å²) >= 11 is 0. The molecule has 64 valence electrons. The van der Waals surface area contributed by atoms with Gasteiger partial charge in [-0.05, 0) is 24.2 Å². The molecule has 0 aromatic heterocycles. The first-order chi connectivity index (χ1) is 5.07. The maximum atomic E-state index is 2.69. The summed E-state index contributed by atoms with van der Waals surface area (Å²) < 4.78 is 0. The summed E-state index contributed by atoms with van der Waals surface area (Å²) in [5, 5.41) is 0. The molecule has 2 atom stereocenters. The van der Waals surface area contributed by atoms with Crippen molar-refractivity contribution in [1.29, 1.82) is 0 Å². The Morgan fingerprint density at radius 3 is 2.73 bits per heavy atom. The van der Waals surface area contributed by atoms with Crippen molar-refractivity contribution in [2.24, 2.45) is 11.3 Å². The lowest BCUT2D eigenvalue weighted by molar-refractivity contribution is 0.287. The van der Waals surface area contributed by atoms with E-state index in [0.717, 1.165) is 12.0 Å². The van der Waals surface area contributed by atoms with Crippen molar-refractivity contribution in [2.75, 3.05) is 13.1 Å². The van der Waals surface area contributed by atoms with Crippen LogP contribution in [0.15, 0.2) is 0 Å². The summed E-state index contributed by atoms with van der Waals surface area (Å²) in [5.74, 6) is 0.955. The summed E-state index contributed by atoms with van der Waals surface area (Å²) in [4.78, 5) is 2.69. The van der Waals surface area contributed by atoms with Gasteiger partial charge in [-0.1, -0.05) is 20.8 Å². The predicted octanol–water partition coefficient (Wildman–Crippen LogP) is 2.13. The van der Waals surface area contributed by atoms with Crippen LogP contribution in [-0.2, 0) is 0 Å². The highest BCUT2D eigenvalue weighted by molar-refractivity contribution is 4.95. The van der Waals surface area contributed by atoms with Crippen LogP contribution >= 0.6 is 0 Å². The highest BCUT2D eigenvalue weighted by atomic mass is 15.2. The first kappa shape index (κ1) is 7.60. The van der Waals surface area contributed by atoms with Gasteiger partial charge in [-0.3, -0.25) is 4.90 Å². The molecule has 0 saturated carbocycles. The quantitative estimate of drug-likeness (QED) is 0.515. The van der Waals surface area contributed by atoms with E-state index in [2.05, 4.69) is 25.7 Å². The highest BCUT2D eigenvalue weighted by Crippen LogP contribution is 2.40. The zero-order valence-corrected chi connectivity index (χ0v) is 7.93. The van der Waals surface area contributed by atoms with Crippen molar-refractivity contribution in [1.82, 2.24) is 4.90 Å². The van der Waals surface area contributed by atoms with E-state index in [1.165, 1.54) is 25.9 Å². The molecule has 0 amide bonds. The molecule has 2 heterocycles. The van der Waals surface area contributed by atoms with Crippen molar-refractivity contribution in [2.45, 2.75) is 39.7 Å². The summed E-state index contributed by atoms with van der Waals surface area (Å²) in [6.45, 7) is 9.87. The second-order valence-corrected chi connectivity index (χ2v) is 5.29. The van der Waals surface area contributed by atoms with Crippen molar-refractivity contribution in [3.05, 3.63) is 0 Å². The minimum atomic E-state index is 0.602. The Hall–Kier alpha value is -0.0400. The third-order valence-electron chi connectivity index (χ3n) is 3.16. The Morgan fingerprint density at radius 1 is 1.36 bits per heavy atom. The van der Waals surface area contributed by atoms with E-state index in [4.69, 9.17) is 0 Å². The summed E-state index contributed by atoms with van der Waals surface area (Å²) in [7, 11) is 0. The zero-order chi connectivity index (χ0) is 8.06. The van der Waals surface area contributed by atoms with E-state index >= 15 is 0 Å². The third kappa shape index (κ3) is 1.31. The van der Waals surface area contributed by atoms with Gasteiger partial charge in [0.25, 0.3) is 0 Å². The molecule has 0 spiro atoms. The Balaban J connectivity index is 2.04. The molecule has 2 aliphatic heterocycles. The van der Waals surface area contributed by atoms with E-state index in [1.54, 1.807) is 0 Å². The number of rotatable bonds is 0. The second-order valence-electron chi connectivity index (χ2n) is 5.29. The molecular weight excluding hydrogens is 134 g/mol. The molecule has 2 rings (SSSR count). The number of nitrogens with zero attached hydrogens (tertiary/aromatic N) is 1. The van der Waals surface area contributed by atoms with E-state index in [9.17, 15) is 0 Å². The lowest BCUT2D eigenvalue weighted by atomic mass is 9.88. The standard InChI is InChI=1S/C10H19N/c1-8-4-9-5-10(2,3)7-11(9)6-8/h8-9H,4-7H2,1-3H3/t8-,9+/m1/s1. The van der Waals surface area contributed by atoms with E-state index in [0.29, 0.717) is 5.41 Å². The number of hydrogen-bond acceptors (Lipinski definition) is 1. The molecule has 0 aliphatic carbocycles. The number of hydrogen-bond donors (Lipinski definition) is 0. The molecule has 2 saturated heterocycles. The fraction of sp³-hybridized carbons (Fsp3) is 1.00. The number of fused-ring (bicyclic) bond motifs is 1. The van der Waals surface area contributed by atoms with Crippen LogP contribution in [0.2, 0.25) is 0 Å². The first-order valence-corrected chi connectivity index (χ1v) is 4.81. The molecule has 2 aliphatic rings. The van der Waals surface area contributed by atoms with Gasteiger partial charge in [0.15, 0.2) is 0 Å². The molecule has 0 unspecified atom stereocenters. The SMILES string of the molecule is C[C@@H]1C[C@H]2CC(C)(C)CN2C1. The van der Waals surface area contributed by atoms with Crippen molar-refractivity contribution in [3.63, 3.8) is 0 Å². The lowest BCUT2D eigenvalue weighted by Gasteiger charge is -2.18. The van der Waals surface area contributed by atoms with Gasteiger partial charge in [-0.15, -0.1) is 0 Å². The van der Waals surface area contributed by atoms with Crippen molar-refractivity contribution in [3.8, 4) is 0 Å². The Bertz CT molecular complexity index is 146. The average Bonchev–Trinajstić information content (AvgIpc) is 2.17. The van der Waals surface area contributed by atoms with Gasteiger partial charge in [-0.2, -0.15) is 0 Å². The Kier molecular flexibility index (Phi) is 1.54. The van der Waals surface area contributed by atoms with Crippen molar-refractivity contribution >= 4 is 0 Å². The summed E-state index contributed by atoms with van der Waals surface area (Å²) in [6, 6.07) is 0.931. The van der Waals surface area contributed by atoms with Gasteiger partial charge >= 0.3 is 0 Å².